The van der Waals surface area contributed by atoms with Crippen LogP contribution in [-0.2, 0) is 6.42 Å². The van der Waals surface area contributed by atoms with Crippen LogP contribution < -0.4 is 5.56 Å². The third-order valence-corrected chi connectivity index (χ3v) is 8.15. The summed E-state index contributed by atoms with van der Waals surface area (Å²) >= 11 is 1.61. The van der Waals surface area contributed by atoms with Gasteiger partial charge in [-0.15, -0.1) is 0 Å². The van der Waals surface area contributed by atoms with Crippen LogP contribution in [-0.4, -0.2) is 15.7 Å². The number of fused-ring (bicyclic) bond motifs is 3. The number of aromatic nitrogens is 2. The SMILES string of the molecule is CC(CC=CCSc1nc2c(c(=O)[nH]1)C(C1CCCC1)Cc1ccccc1-2)c1ccccc1. The van der Waals surface area contributed by atoms with Gasteiger partial charge in [0.2, 0.25) is 0 Å². The minimum Gasteiger partial charge on any atom is -0.301 e. The zero-order valence-electron chi connectivity index (χ0n) is 19.3. The highest BCUT2D eigenvalue weighted by atomic mass is 32.2. The van der Waals surface area contributed by atoms with E-state index in [2.05, 4.69) is 78.7 Å². The van der Waals surface area contributed by atoms with Gasteiger partial charge in [-0.2, -0.15) is 0 Å². The van der Waals surface area contributed by atoms with E-state index in [1.165, 1.54) is 36.8 Å². The molecule has 2 aromatic carbocycles. The molecule has 2 atom stereocenters. The van der Waals surface area contributed by atoms with E-state index in [0.29, 0.717) is 17.8 Å². The second kappa shape index (κ2) is 10.1. The van der Waals surface area contributed by atoms with Gasteiger partial charge in [-0.05, 0) is 54.6 Å². The molecule has 5 rings (SSSR count). The second-order valence-corrected chi connectivity index (χ2v) is 10.5. The maximum Gasteiger partial charge on any atom is 0.255 e. The highest BCUT2D eigenvalue weighted by Crippen LogP contribution is 2.45. The van der Waals surface area contributed by atoms with Crippen molar-refractivity contribution in [2.45, 2.75) is 62.4 Å². The van der Waals surface area contributed by atoms with Crippen molar-refractivity contribution in [2.75, 3.05) is 5.75 Å². The summed E-state index contributed by atoms with van der Waals surface area (Å²) in [6, 6.07) is 19.1. The van der Waals surface area contributed by atoms with Gasteiger partial charge in [-0.25, -0.2) is 4.98 Å². The topological polar surface area (TPSA) is 45.8 Å². The van der Waals surface area contributed by atoms with Gasteiger partial charge >= 0.3 is 0 Å². The Morgan fingerprint density at radius 3 is 2.64 bits per heavy atom. The smallest absolute Gasteiger partial charge is 0.255 e. The zero-order chi connectivity index (χ0) is 22.6. The average Bonchev–Trinajstić information content (AvgIpc) is 3.39. The molecule has 1 N–H and O–H groups in total. The lowest BCUT2D eigenvalue weighted by Crippen LogP contribution is -2.28. The third-order valence-electron chi connectivity index (χ3n) is 7.33. The van der Waals surface area contributed by atoms with E-state index in [1.54, 1.807) is 11.8 Å². The number of H-pyrrole nitrogens is 1. The number of hydrogen-bond donors (Lipinski definition) is 1. The van der Waals surface area contributed by atoms with Crippen LogP contribution in [0.3, 0.4) is 0 Å². The van der Waals surface area contributed by atoms with Gasteiger partial charge in [0, 0.05) is 16.9 Å². The largest absolute Gasteiger partial charge is 0.301 e. The lowest BCUT2D eigenvalue weighted by molar-refractivity contribution is 0.424. The first-order valence-electron chi connectivity index (χ1n) is 12.3. The molecule has 0 radical (unpaired) electrons. The first kappa shape index (κ1) is 22.2. The number of nitrogens with zero attached hydrogens (tertiary/aromatic N) is 1. The molecule has 0 aliphatic heterocycles. The highest BCUT2D eigenvalue weighted by Gasteiger charge is 2.35. The van der Waals surface area contributed by atoms with Crippen LogP contribution >= 0.6 is 11.8 Å². The average molecular weight is 457 g/mol. The maximum absolute atomic E-state index is 13.3. The Morgan fingerprint density at radius 1 is 1.06 bits per heavy atom. The molecule has 33 heavy (non-hydrogen) atoms. The minimum absolute atomic E-state index is 0.0654. The van der Waals surface area contributed by atoms with Gasteiger partial charge in [0.25, 0.3) is 5.56 Å². The lowest BCUT2D eigenvalue weighted by atomic mass is 9.74. The summed E-state index contributed by atoms with van der Waals surface area (Å²) in [7, 11) is 0. The number of rotatable bonds is 7. The second-order valence-electron chi connectivity index (χ2n) is 9.48. The first-order valence-corrected chi connectivity index (χ1v) is 13.2. The summed E-state index contributed by atoms with van der Waals surface area (Å²) in [4.78, 5) is 21.4. The van der Waals surface area contributed by atoms with Crippen LogP contribution in [0.25, 0.3) is 11.3 Å². The van der Waals surface area contributed by atoms with Crippen molar-refractivity contribution in [3.05, 3.63) is 93.8 Å². The molecule has 0 saturated heterocycles. The van der Waals surface area contributed by atoms with Crippen molar-refractivity contribution < 1.29 is 0 Å². The number of thioether (sulfide) groups is 1. The van der Waals surface area contributed by atoms with Gasteiger partial charge in [0.1, 0.15) is 0 Å². The van der Waals surface area contributed by atoms with Crippen LogP contribution in [0.2, 0.25) is 0 Å². The molecule has 3 aromatic rings. The summed E-state index contributed by atoms with van der Waals surface area (Å²) in [6.45, 7) is 2.26. The van der Waals surface area contributed by atoms with Gasteiger partial charge in [-0.1, -0.05) is 98.3 Å². The van der Waals surface area contributed by atoms with E-state index in [0.717, 1.165) is 40.6 Å². The van der Waals surface area contributed by atoms with Crippen LogP contribution in [0.4, 0.5) is 0 Å². The van der Waals surface area contributed by atoms with Crippen molar-refractivity contribution in [2.24, 2.45) is 5.92 Å². The Kier molecular flexibility index (Phi) is 6.82. The van der Waals surface area contributed by atoms with Crippen LogP contribution in [0, 0.1) is 5.92 Å². The summed E-state index contributed by atoms with van der Waals surface area (Å²) in [6.07, 6.45) is 11.4. The Bertz CT molecular complexity index is 1180. The Morgan fingerprint density at radius 2 is 1.82 bits per heavy atom. The summed E-state index contributed by atoms with van der Waals surface area (Å²) in [5, 5.41) is 0.724. The van der Waals surface area contributed by atoms with E-state index < -0.39 is 0 Å². The van der Waals surface area contributed by atoms with E-state index in [-0.39, 0.29) is 5.56 Å². The van der Waals surface area contributed by atoms with E-state index in [9.17, 15) is 4.79 Å². The molecule has 1 fully saturated rings. The van der Waals surface area contributed by atoms with Crippen LogP contribution in [0.5, 0.6) is 0 Å². The fraction of sp³-hybridized carbons (Fsp3) is 0.379. The number of nitrogens with one attached hydrogen (secondary N) is 1. The van der Waals surface area contributed by atoms with Crippen LogP contribution in [0.1, 0.15) is 67.6 Å². The Hall–Kier alpha value is -2.59. The molecule has 2 aliphatic rings. The van der Waals surface area contributed by atoms with Gasteiger partial charge in [0.15, 0.2) is 5.16 Å². The van der Waals surface area contributed by atoms with Crippen molar-refractivity contribution in [3.63, 3.8) is 0 Å². The van der Waals surface area contributed by atoms with Crippen LogP contribution in [0.15, 0.2) is 76.7 Å². The number of allylic oxidation sites excluding steroid dienone is 1. The van der Waals surface area contributed by atoms with E-state index >= 15 is 0 Å². The molecule has 1 saturated carbocycles. The maximum atomic E-state index is 13.3. The molecule has 4 heteroatoms. The number of benzene rings is 2. The monoisotopic (exact) mass is 456 g/mol. The number of hydrogen-bond acceptors (Lipinski definition) is 3. The molecule has 1 heterocycles. The van der Waals surface area contributed by atoms with Crippen molar-refractivity contribution in [3.8, 4) is 11.3 Å². The minimum atomic E-state index is 0.0654. The van der Waals surface area contributed by atoms with Crippen molar-refractivity contribution in [1.82, 2.24) is 9.97 Å². The molecule has 0 amide bonds. The van der Waals surface area contributed by atoms with E-state index in [4.69, 9.17) is 4.98 Å². The predicted molar refractivity (Wildman–Crippen MR) is 138 cm³/mol. The normalized spacial score (nSPS) is 18.9. The lowest BCUT2D eigenvalue weighted by Gasteiger charge is -2.30. The first-order chi connectivity index (χ1) is 16.2. The number of aromatic amines is 1. The molecule has 0 spiro atoms. The molecule has 2 unspecified atom stereocenters. The molecular formula is C29H32N2OS. The Labute approximate surface area is 200 Å². The van der Waals surface area contributed by atoms with Gasteiger partial charge < -0.3 is 4.98 Å². The van der Waals surface area contributed by atoms with Gasteiger partial charge in [0.05, 0.1) is 5.69 Å². The summed E-state index contributed by atoms with van der Waals surface area (Å²) < 4.78 is 0. The third kappa shape index (κ3) is 4.86. The summed E-state index contributed by atoms with van der Waals surface area (Å²) in [5.41, 5.74) is 5.76. The van der Waals surface area contributed by atoms with Crippen molar-refractivity contribution in [1.29, 1.82) is 0 Å². The molecule has 2 aliphatic carbocycles. The molecule has 1 aromatic heterocycles. The van der Waals surface area contributed by atoms with Crippen molar-refractivity contribution >= 4 is 11.8 Å². The van der Waals surface area contributed by atoms with E-state index in [1.807, 2.05) is 0 Å². The predicted octanol–water partition coefficient (Wildman–Crippen LogP) is 7.11. The molecule has 170 valence electrons. The Balaban J connectivity index is 1.32. The standard InChI is InChI=1S/C29H32N2OS/c1-20(21-12-3-2-4-13-21)11-9-10-18-33-29-30-27-24-17-8-7-16-23(24)19-25(22-14-5-6-15-22)26(27)28(32)31-29/h2-4,7-10,12-13,16-17,20,22,25H,5-6,11,14-15,18-19H2,1H3,(H,30,31,32). The summed E-state index contributed by atoms with van der Waals surface area (Å²) in [5.74, 6) is 2.20. The fourth-order valence-electron chi connectivity index (χ4n) is 5.52. The quantitative estimate of drug-likeness (QED) is 0.234. The molecule has 0 bridgehead atoms. The molecular weight excluding hydrogens is 424 g/mol. The highest BCUT2D eigenvalue weighted by molar-refractivity contribution is 7.99. The van der Waals surface area contributed by atoms with Gasteiger partial charge in [-0.3, -0.25) is 4.79 Å². The fourth-order valence-corrected chi connectivity index (χ4v) is 6.23. The zero-order valence-corrected chi connectivity index (χ0v) is 20.1. The molecule has 3 nitrogen and oxygen atoms in total.